The molecule has 0 saturated carbocycles. The van der Waals surface area contributed by atoms with Gasteiger partial charge in [0, 0.05) is 6.42 Å². The van der Waals surface area contributed by atoms with Crippen LogP contribution in [0.15, 0.2) is 12.4 Å². The van der Waals surface area contributed by atoms with Crippen LogP contribution in [-0.2, 0) is 19.5 Å². The van der Waals surface area contributed by atoms with E-state index in [1.165, 1.54) is 212 Å². The summed E-state index contributed by atoms with van der Waals surface area (Å²) in [5, 5.41) is 0. The highest BCUT2D eigenvalue weighted by Gasteiger charge is 2.16. The second-order valence-electron chi connectivity index (χ2n) is 13.4. The van der Waals surface area contributed by atoms with Crippen molar-refractivity contribution in [2.24, 2.45) is 0 Å². The number of aryl methyl sites for hydroxylation is 2. The van der Waals surface area contributed by atoms with E-state index in [1.54, 1.807) is 5.82 Å². The van der Waals surface area contributed by atoms with Crippen LogP contribution in [-0.4, -0.2) is 4.57 Å². The number of imidazole rings is 1. The largest absolute Gasteiger partial charge is 0.256 e. The number of rotatable bonds is 33. The van der Waals surface area contributed by atoms with Gasteiger partial charge in [-0.25, -0.2) is 9.13 Å². The summed E-state index contributed by atoms with van der Waals surface area (Å²) in [7, 11) is 0. The highest BCUT2D eigenvalue weighted by Crippen LogP contribution is 2.15. The van der Waals surface area contributed by atoms with E-state index in [-0.39, 0.29) is 0 Å². The first kappa shape index (κ1) is 38.2. The predicted octanol–water partition coefficient (Wildman–Crippen LogP) is 13.1. The minimum Gasteiger partial charge on any atom is -0.234 e. The van der Waals surface area contributed by atoms with Gasteiger partial charge in [-0.3, -0.25) is 0 Å². The number of aromatic nitrogens is 2. The molecule has 1 rings (SSSR count). The Kier molecular flexibility index (Phi) is 28.6. The molecule has 0 spiro atoms. The van der Waals surface area contributed by atoms with Crippen molar-refractivity contribution < 1.29 is 4.57 Å². The van der Waals surface area contributed by atoms with Crippen LogP contribution < -0.4 is 4.57 Å². The normalized spacial score (nSPS) is 11.6. The Hall–Kier alpha value is -0.790. The summed E-state index contributed by atoms with van der Waals surface area (Å²) in [4.78, 5) is 0. The van der Waals surface area contributed by atoms with E-state index in [0.717, 1.165) is 0 Å². The first-order valence-corrected chi connectivity index (χ1v) is 19.4. The minimum absolute atomic E-state index is 1.23. The maximum Gasteiger partial charge on any atom is 0.256 e. The fourth-order valence-electron chi connectivity index (χ4n) is 6.50. The molecule has 0 aliphatic heterocycles. The fraction of sp³-hybridized carbons (Fsp3) is 0.923. The molecule has 0 fully saturated rings. The molecule has 242 valence electrons. The second kappa shape index (κ2) is 30.7. The maximum absolute atomic E-state index is 2.63. The van der Waals surface area contributed by atoms with Crippen LogP contribution in [0.4, 0.5) is 0 Å². The molecule has 1 aromatic rings. The third kappa shape index (κ3) is 23.4. The molecule has 0 amide bonds. The van der Waals surface area contributed by atoms with Gasteiger partial charge in [-0.15, -0.1) is 0 Å². The zero-order valence-corrected chi connectivity index (χ0v) is 28.9. The third-order valence-electron chi connectivity index (χ3n) is 9.35. The molecule has 0 atom stereocenters. The zero-order valence-electron chi connectivity index (χ0n) is 28.9. The Morgan fingerprint density at radius 1 is 0.415 bits per heavy atom. The molecule has 0 aromatic carbocycles. The molecule has 0 unspecified atom stereocenters. The topological polar surface area (TPSA) is 8.81 Å². The van der Waals surface area contributed by atoms with Gasteiger partial charge in [0.05, 0.1) is 13.1 Å². The summed E-state index contributed by atoms with van der Waals surface area (Å²) in [5.41, 5.74) is 0. The Bertz CT molecular complexity index is 634. The van der Waals surface area contributed by atoms with E-state index < -0.39 is 0 Å². The minimum atomic E-state index is 1.23. The van der Waals surface area contributed by atoms with E-state index in [1.807, 2.05) is 0 Å². The average molecular weight is 574 g/mol. The van der Waals surface area contributed by atoms with E-state index in [2.05, 4.69) is 42.3 Å². The molecule has 1 aromatic heterocycles. The summed E-state index contributed by atoms with van der Waals surface area (Å²) in [6.45, 7) is 9.40. The highest BCUT2D eigenvalue weighted by molar-refractivity contribution is 4.84. The van der Waals surface area contributed by atoms with Gasteiger partial charge in [-0.1, -0.05) is 181 Å². The summed E-state index contributed by atoms with van der Waals surface area (Å²) in [5.74, 6) is 1.62. The van der Waals surface area contributed by atoms with Gasteiger partial charge >= 0.3 is 0 Å². The Morgan fingerprint density at radius 3 is 1.17 bits per heavy atom. The van der Waals surface area contributed by atoms with E-state index in [4.69, 9.17) is 0 Å². The van der Waals surface area contributed by atoms with Crippen molar-refractivity contribution in [3.63, 3.8) is 0 Å². The second-order valence-corrected chi connectivity index (χ2v) is 13.4. The Labute approximate surface area is 259 Å². The van der Waals surface area contributed by atoms with Gasteiger partial charge in [-0.05, 0) is 32.1 Å². The van der Waals surface area contributed by atoms with Gasteiger partial charge in [0.15, 0.2) is 0 Å². The maximum atomic E-state index is 2.63. The monoisotopic (exact) mass is 574 g/mol. The van der Waals surface area contributed by atoms with Gasteiger partial charge in [0.25, 0.3) is 5.82 Å². The predicted molar refractivity (Wildman–Crippen MR) is 184 cm³/mol. The van der Waals surface area contributed by atoms with Crippen LogP contribution in [0.2, 0.25) is 0 Å². The summed E-state index contributed by atoms with van der Waals surface area (Å²) in [6.07, 6.45) is 48.9. The van der Waals surface area contributed by atoms with Crippen LogP contribution in [0.25, 0.3) is 0 Å². The number of nitrogens with zero attached hydrogens (tertiary/aromatic N) is 2. The van der Waals surface area contributed by atoms with Gasteiger partial charge in [0.2, 0.25) is 0 Å². The van der Waals surface area contributed by atoms with E-state index in [0.29, 0.717) is 0 Å². The van der Waals surface area contributed by atoms with Crippen LogP contribution in [0.3, 0.4) is 0 Å². The summed E-state index contributed by atoms with van der Waals surface area (Å²) >= 11 is 0. The van der Waals surface area contributed by atoms with Crippen molar-refractivity contribution in [2.75, 3.05) is 0 Å². The quantitative estimate of drug-likeness (QED) is 0.0584. The first-order chi connectivity index (χ1) is 20.3. The van der Waals surface area contributed by atoms with Crippen molar-refractivity contribution in [1.82, 2.24) is 4.57 Å². The lowest BCUT2D eigenvalue weighted by molar-refractivity contribution is -0.704. The SMILES string of the molecule is CCCCCCCCCCCCCCCCCc1n(CCCCCCCCCC)cc[n+]1CCCCCCCCC. The highest BCUT2D eigenvalue weighted by atomic mass is 15.1. The lowest BCUT2D eigenvalue weighted by atomic mass is 10.0. The van der Waals surface area contributed by atoms with Crippen LogP contribution in [0.1, 0.15) is 219 Å². The molecule has 0 bridgehead atoms. The zero-order chi connectivity index (χ0) is 29.5. The molecule has 0 saturated heterocycles. The van der Waals surface area contributed by atoms with Crippen LogP contribution >= 0.6 is 0 Å². The molecule has 0 aliphatic rings. The summed E-state index contributed by atoms with van der Waals surface area (Å²) < 4.78 is 5.25. The van der Waals surface area contributed by atoms with E-state index >= 15 is 0 Å². The third-order valence-corrected chi connectivity index (χ3v) is 9.35. The standard InChI is InChI=1S/C39H77N2/c1-4-7-10-13-16-18-19-20-21-22-23-24-25-28-31-34-39-40(35-32-29-26-15-12-9-6-3)37-38-41(39)36-33-30-27-17-14-11-8-5-2/h37-38H,4-36H2,1-3H3/q+1. The van der Waals surface area contributed by atoms with Gasteiger partial charge in [0.1, 0.15) is 12.4 Å². The molecular formula is C39H77N2+. The molecule has 0 radical (unpaired) electrons. The first-order valence-electron chi connectivity index (χ1n) is 19.4. The smallest absolute Gasteiger partial charge is 0.234 e. The van der Waals surface area contributed by atoms with Crippen molar-refractivity contribution in [2.45, 2.75) is 233 Å². The Balaban J connectivity index is 2.25. The number of hydrogen-bond donors (Lipinski definition) is 0. The van der Waals surface area contributed by atoms with Gasteiger partial charge in [-0.2, -0.15) is 0 Å². The van der Waals surface area contributed by atoms with Crippen LogP contribution in [0.5, 0.6) is 0 Å². The van der Waals surface area contributed by atoms with Crippen molar-refractivity contribution >= 4 is 0 Å². The van der Waals surface area contributed by atoms with E-state index in [9.17, 15) is 0 Å². The van der Waals surface area contributed by atoms with Crippen molar-refractivity contribution in [3.05, 3.63) is 18.2 Å². The number of unbranched alkanes of at least 4 members (excludes halogenated alkanes) is 27. The molecule has 1 heterocycles. The van der Waals surface area contributed by atoms with Crippen molar-refractivity contribution in [1.29, 1.82) is 0 Å². The molecule has 41 heavy (non-hydrogen) atoms. The van der Waals surface area contributed by atoms with Crippen molar-refractivity contribution in [3.8, 4) is 0 Å². The average Bonchev–Trinajstić information content (AvgIpc) is 3.37. The molecule has 2 heteroatoms. The Morgan fingerprint density at radius 2 is 0.756 bits per heavy atom. The summed E-state index contributed by atoms with van der Waals surface area (Å²) in [6, 6.07) is 0. The lowest BCUT2D eigenvalue weighted by Gasteiger charge is -2.07. The van der Waals surface area contributed by atoms with Crippen LogP contribution in [0, 0.1) is 0 Å². The molecule has 0 N–H and O–H groups in total. The fourth-order valence-corrected chi connectivity index (χ4v) is 6.50. The lowest BCUT2D eigenvalue weighted by Crippen LogP contribution is -2.37. The molecule has 0 aliphatic carbocycles. The molecular weight excluding hydrogens is 496 g/mol. The number of hydrogen-bond acceptors (Lipinski definition) is 0. The molecule has 2 nitrogen and oxygen atoms in total. The van der Waals surface area contributed by atoms with Gasteiger partial charge < -0.3 is 0 Å².